The third-order valence-electron chi connectivity index (χ3n) is 5.38. The number of anilines is 3. The molecule has 1 saturated heterocycles. The van der Waals surface area contributed by atoms with Crippen LogP contribution in [0.1, 0.15) is 10.4 Å². The topological polar surface area (TPSA) is 102 Å². The Morgan fingerprint density at radius 1 is 0.879 bits per heavy atom. The van der Waals surface area contributed by atoms with Gasteiger partial charge in [-0.15, -0.1) is 0 Å². The Morgan fingerprint density at radius 2 is 1.61 bits per heavy atom. The number of rotatable bonds is 7. The van der Waals surface area contributed by atoms with Gasteiger partial charge in [-0.25, -0.2) is 15.0 Å². The smallest absolute Gasteiger partial charge is 0.254 e. The van der Waals surface area contributed by atoms with E-state index in [2.05, 4.69) is 25.2 Å². The Morgan fingerprint density at radius 3 is 2.21 bits per heavy atom. The maximum absolute atomic E-state index is 13.1. The molecule has 3 heterocycles. The molecule has 0 aliphatic carbocycles. The number of methoxy groups -OCH3 is 3. The predicted molar refractivity (Wildman–Crippen MR) is 124 cm³/mol. The van der Waals surface area contributed by atoms with Crippen molar-refractivity contribution >= 4 is 23.4 Å². The van der Waals surface area contributed by atoms with Crippen molar-refractivity contribution in [2.24, 2.45) is 0 Å². The molecule has 0 spiro atoms. The minimum Gasteiger partial charge on any atom is -0.493 e. The average molecular weight is 450 g/mol. The maximum atomic E-state index is 13.1. The van der Waals surface area contributed by atoms with Gasteiger partial charge in [0.1, 0.15) is 23.8 Å². The number of benzene rings is 1. The molecule has 0 bridgehead atoms. The first-order valence-electron chi connectivity index (χ1n) is 10.5. The highest BCUT2D eigenvalue weighted by atomic mass is 16.5. The summed E-state index contributed by atoms with van der Waals surface area (Å²) in [6.07, 6.45) is 3.24. The van der Waals surface area contributed by atoms with E-state index in [0.29, 0.717) is 60.6 Å². The predicted octanol–water partition coefficient (Wildman–Crippen LogP) is 2.60. The van der Waals surface area contributed by atoms with E-state index < -0.39 is 0 Å². The van der Waals surface area contributed by atoms with E-state index in [0.717, 1.165) is 5.82 Å². The molecule has 0 atom stereocenters. The van der Waals surface area contributed by atoms with E-state index in [4.69, 9.17) is 14.2 Å². The summed E-state index contributed by atoms with van der Waals surface area (Å²) in [5, 5.41) is 3.18. The van der Waals surface area contributed by atoms with Crippen LogP contribution in [0, 0.1) is 0 Å². The lowest BCUT2D eigenvalue weighted by Gasteiger charge is -2.35. The number of nitrogens with zero attached hydrogens (tertiary/aromatic N) is 5. The standard InChI is InChI=1S/C23H26N6O4/c1-31-17-12-16(13-18(32-2)22(17)33-3)23(30)29-10-8-28(9-11-29)21-14-20(25-15-26-21)27-19-6-4-5-7-24-19/h4-7,12-15H,8-11H2,1-3H3,(H,24,25,26,27). The van der Waals surface area contributed by atoms with E-state index in [-0.39, 0.29) is 5.91 Å². The molecule has 0 unspecified atom stereocenters. The van der Waals surface area contributed by atoms with Gasteiger partial charge in [-0.1, -0.05) is 6.07 Å². The normalized spacial score (nSPS) is 13.4. The molecule has 0 saturated carbocycles. The van der Waals surface area contributed by atoms with Crippen molar-refractivity contribution in [1.29, 1.82) is 0 Å². The van der Waals surface area contributed by atoms with Gasteiger partial charge in [0.05, 0.1) is 21.3 Å². The molecule has 1 aromatic carbocycles. The second-order valence-corrected chi connectivity index (χ2v) is 7.29. The first-order valence-corrected chi connectivity index (χ1v) is 10.5. The van der Waals surface area contributed by atoms with Gasteiger partial charge in [-0.05, 0) is 24.3 Å². The molecular formula is C23H26N6O4. The second kappa shape index (κ2) is 10.0. The second-order valence-electron chi connectivity index (χ2n) is 7.29. The SMILES string of the molecule is COc1cc(C(=O)N2CCN(c3cc(Nc4ccccn4)ncn3)CC2)cc(OC)c1OC. The van der Waals surface area contributed by atoms with Gasteiger partial charge in [-0.3, -0.25) is 4.79 Å². The molecule has 172 valence electrons. The summed E-state index contributed by atoms with van der Waals surface area (Å²) in [4.78, 5) is 30.0. The van der Waals surface area contributed by atoms with E-state index in [1.807, 2.05) is 29.2 Å². The van der Waals surface area contributed by atoms with Crippen LogP contribution in [-0.4, -0.2) is 73.3 Å². The lowest BCUT2D eigenvalue weighted by molar-refractivity contribution is 0.0745. The Labute approximate surface area is 192 Å². The molecule has 10 heteroatoms. The fourth-order valence-electron chi connectivity index (χ4n) is 3.68. The van der Waals surface area contributed by atoms with Crippen molar-refractivity contribution in [2.75, 3.05) is 57.7 Å². The summed E-state index contributed by atoms with van der Waals surface area (Å²) in [6.45, 7) is 2.41. The summed E-state index contributed by atoms with van der Waals surface area (Å²) >= 11 is 0. The van der Waals surface area contributed by atoms with Crippen LogP contribution in [-0.2, 0) is 0 Å². The van der Waals surface area contributed by atoms with Gasteiger partial charge >= 0.3 is 0 Å². The summed E-state index contributed by atoms with van der Waals surface area (Å²) < 4.78 is 16.1. The number of nitrogens with one attached hydrogen (secondary N) is 1. The Kier molecular flexibility index (Phi) is 6.72. The average Bonchev–Trinajstić information content (AvgIpc) is 2.88. The number of carbonyl (C=O) groups excluding carboxylic acids is 1. The van der Waals surface area contributed by atoms with Crippen LogP contribution in [0.25, 0.3) is 0 Å². The lowest BCUT2D eigenvalue weighted by atomic mass is 10.1. The highest BCUT2D eigenvalue weighted by Crippen LogP contribution is 2.38. The highest BCUT2D eigenvalue weighted by molar-refractivity contribution is 5.95. The van der Waals surface area contributed by atoms with Crippen LogP contribution in [0.3, 0.4) is 0 Å². The van der Waals surface area contributed by atoms with Gasteiger partial charge in [0.2, 0.25) is 5.75 Å². The van der Waals surface area contributed by atoms with Crippen LogP contribution in [0.5, 0.6) is 17.2 Å². The number of amides is 1. The zero-order chi connectivity index (χ0) is 23.2. The Balaban J connectivity index is 1.43. The van der Waals surface area contributed by atoms with Crippen LogP contribution >= 0.6 is 0 Å². The summed E-state index contributed by atoms with van der Waals surface area (Å²) in [7, 11) is 4.59. The number of aromatic nitrogens is 3. The zero-order valence-corrected chi connectivity index (χ0v) is 18.8. The van der Waals surface area contributed by atoms with Crippen molar-refractivity contribution in [3.05, 3.63) is 54.5 Å². The fraction of sp³-hybridized carbons (Fsp3) is 0.304. The van der Waals surface area contributed by atoms with Crippen molar-refractivity contribution in [1.82, 2.24) is 19.9 Å². The number of carbonyl (C=O) groups is 1. The van der Waals surface area contributed by atoms with Crippen molar-refractivity contribution in [3.8, 4) is 17.2 Å². The minimum absolute atomic E-state index is 0.0888. The van der Waals surface area contributed by atoms with Crippen LogP contribution in [0.15, 0.2) is 48.9 Å². The molecular weight excluding hydrogens is 424 g/mol. The number of ether oxygens (including phenoxy) is 3. The number of piperazine rings is 1. The van der Waals surface area contributed by atoms with E-state index in [9.17, 15) is 4.79 Å². The fourth-order valence-corrected chi connectivity index (χ4v) is 3.68. The molecule has 1 aliphatic rings. The van der Waals surface area contributed by atoms with Crippen molar-refractivity contribution < 1.29 is 19.0 Å². The van der Waals surface area contributed by atoms with Crippen LogP contribution in [0.4, 0.5) is 17.5 Å². The minimum atomic E-state index is -0.0888. The molecule has 0 radical (unpaired) electrons. The number of pyridine rings is 1. The van der Waals surface area contributed by atoms with Crippen LogP contribution < -0.4 is 24.4 Å². The molecule has 1 aliphatic heterocycles. The Hall–Kier alpha value is -4.08. The summed E-state index contributed by atoms with van der Waals surface area (Å²) in [5.74, 6) is 3.44. The molecule has 2 aromatic heterocycles. The van der Waals surface area contributed by atoms with Gasteiger partial charge < -0.3 is 29.3 Å². The Bertz CT molecular complexity index is 1080. The summed E-state index contributed by atoms with van der Waals surface area (Å²) in [5.41, 5.74) is 0.488. The highest BCUT2D eigenvalue weighted by Gasteiger charge is 2.25. The molecule has 33 heavy (non-hydrogen) atoms. The third-order valence-corrected chi connectivity index (χ3v) is 5.38. The first-order chi connectivity index (χ1) is 16.1. The first kappa shape index (κ1) is 22.1. The van der Waals surface area contributed by atoms with Gasteiger partial charge in [-0.2, -0.15) is 0 Å². The van der Waals surface area contributed by atoms with Gasteiger partial charge in [0.15, 0.2) is 11.5 Å². The number of hydrogen-bond donors (Lipinski definition) is 1. The summed E-state index contributed by atoms with van der Waals surface area (Å²) in [6, 6.07) is 10.9. The molecule has 3 aromatic rings. The van der Waals surface area contributed by atoms with E-state index in [1.54, 1.807) is 18.3 Å². The van der Waals surface area contributed by atoms with Crippen molar-refractivity contribution in [3.63, 3.8) is 0 Å². The van der Waals surface area contributed by atoms with Gasteiger partial charge in [0, 0.05) is 44.0 Å². The molecule has 1 amide bonds. The zero-order valence-electron chi connectivity index (χ0n) is 18.8. The largest absolute Gasteiger partial charge is 0.493 e. The molecule has 1 N–H and O–H groups in total. The molecule has 10 nitrogen and oxygen atoms in total. The lowest BCUT2D eigenvalue weighted by Crippen LogP contribution is -2.49. The molecule has 4 rings (SSSR count). The monoisotopic (exact) mass is 450 g/mol. The van der Waals surface area contributed by atoms with E-state index >= 15 is 0 Å². The quantitative estimate of drug-likeness (QED) is 0.582. The maximum Gasteiger partial charge on any atom is 0.254 e. The van der Waals surface area contributed by atoms with Crippen molar-refractivity contribution in [2.45, 2.75) is 0 Å². The van der Waals surface area contributed by atoms with E-state index in [1.165, 1.54) is 27.7 Å². The number of hydrogen-bond acceptors (Lipinski definition) is 9. The van der Waals surface area contributed by atoms with Gasteiger partial charge in [0.25, 0.3) is 5.91 Å². The molecule has 1 fully saturated rings. The van der Waals surface area contributed by atoms with Crippen LogP contribution in [0.2, 0.25) is 0 Å². The third kappa shape index (κ3) is 4.89.